The van der Waals surface area contributed by atoms with Crippen molar-refractivity contribution in [1.29, 1.82) is 0 Å². The van der Waals surface area contributed by atoms with Gasteiger partial charge in [-0.1, -0.05) is 0 Å². The van der Waals surface area contributed by atoms with Crippen molar-refractivity contribution < 1.29 is 23.2 Å². The van der Waals surface area contributed by atoms with Gasteiger partial charge in [-0.15, -0.1) is 0 Å². The summed E-state index contributed by atoms with van der Waals surface area (Å²) in [7, 11) is 1.31. The van der Waals surface area contributed by atoms with Gasteiger partial charge in [0.1, 0.15) is 5.75 Å². The number of methoxy groups -OCH3 is 1. The molecule has 0 aliphatic carbocycles. The number of hydrogen-bond donors (Lipinski definition) is 0. The monoisotopic (exact) mass is 219 g/mol. The average Bonchev–Trinajstić information content (AvgIpc) is 2.17. The second kappa shape index (κ2) is 4.54. The van der Waals surface area contributed by atoms with E-state index >= 15 is 0 Å². The molecule has 7 heteroatoms. The summed E-state index contributed by atoms with van der Waals surface area (Å²) in [6, 6.07) is 3.37. The largest absolute Gasteiger partial charge is 0.496 e. The lowest BCUT2D eigenvalue weighted by Gasteiger charge is -2.06. The Morgan fingerprint density at radius 1 is 1.47 bits per heavy atom. The maximum Gasteiger partial charge on any atom is 0.387 e. The minimum atomic E-state index is -3.10. The van der Waals surface area contributed by atoms with Crippen molar-refractivity contribution in [3.63, 3.8) is 0 Å². The van der Waals surface area contributed by atoms with Crippen LogP contribution in [0.15, 0.2) is 18.2 Å². The van der Waals surface area contributed by atoms with E-state index in [1.807, 2.05) is 0 Å². The number of nitro groups is 1. The number of nitrogens with zero attached hydrogens (tertiary/aromatic N) is 1. The van der Waals surface area contributed by atoms with E-state index in [-0.39, 0.29) is 5.75 Å². The van der Waals surface area contributed by atoms with Gasteiger partial charge in [0.15, 0.2) is 0 Å². The van der Waals surface area contributed by atoms with Crippen LogP contribution in [-0.2, 0) is 0 Å². The average molecular weight is 219 g/mol. The summed E-state index contributed by atoms with van der Waals surface area (Å²) in [6.07, 6.45) is 0. The predicted octanol–water partition coefficient (Wildman–Crippen LogP) is 2.20. The molecule has 82 valence electrons. The number of nitro benzene ring substituents is 1. The zero-order valence-corrected chi connectivity index (χ0v) is 7.65. The summed E-state index contributed by atoms with van der Waals surface area (Å²) < 4.78 is 32.4. The van der Waals surface area contributed by atoms with Gasteiger partial charge in [0.05, 0.1) is 18.1 Å². The molecule has 0 radical (unpaired) electrons. The van der Waals surface area contributed by atoms with Gasteiger partial charge < -0.3 is 9.47 Å². The topological polar surface area (TPSA) is 61.6 Å². The van der Waals surface area contributed by atoms with Crippen molar-refractivity contribution >= 4 is 5.69 Å². The van der Waals surface area contributed by atoms with Crippen molar-refractivity contribution in [2.75, 3.05) is 7.11 Å². The van der Waals surface area contributed by atoms with Crippen LogP contribution in [0, 0.1) is 10.1 Å². The first-order chi connectivity index (χ1) is 7.04. The molecule has 0 aromatic heterocycles. The Labute approximate surface area is 83.4 Å². The number of alkyl halides is 2. The molecule has 0 fully saturated rings. The standard InChI is InChI=1S/C8H7F2NO4/c1-14-5-2-3-7(15-8(9)10)6(4-5)11(12)13/h2-4,8H,1H3. The molecule has 1 aromatic rings. The van der Waals surface area contributed by atoms with Crippen LogP contribution in [0.25, 0.3) is 0 Å². The molecule has 0 amide bonds. The first-order valence-electron chi connectivity index (χ1n) is 3.82. The van der Waals surface area contributed by atoms with Crippen LogP contribution < -0.4 is 9.47 Å². The Kier molecular flexibility index (Phi) is 3.37. The van der Waals surface area contributed by atoms with Crippen LogP contribution in [0.4, 0.5) is 14.5 Å². The number of hydrogen-bond acceptors (Lipinski definition) is 4. The summed E-state index contributed by atoms with van der Waals surface area (Å²) in [4.78, 5) is 9.68. The lowest BCUT2D eigenvalue weighted by molar-refractivity contribution is -0.386. The molecule has 1 rings (SSSR count). The van der Waals surface area contributed by atoms with E-state index in [1.54, 1.807) is 0 Å². The molecule has 0 heterocycles. The Bertz CT molecular complexity index is 370. The van der Waals surface area contributed by atoms with Crippen molar-refractivity contribution in [2.45, 2.75) is 6.61 Å². The van der Waals surface area contributed by atoms with Gasteiger partial charge in [0.25, 0.3) is 0 Å². The van der Waals surface area contributed by atoms with Crippen LogP contribution in [0.1, 0.15) is 0 Å². The molecule has 1 aromatic carbocycles. The molecular weight excluding hydrogens is 212 g/mol. The van der Waals surface area contributed by atoms with Crippen LogP contribution in [0.2, 0.25) is 0 Å². The van der Waals surface area contributed by atoms with Gasteiger partial charge >= 0.3 is 12.3 Å². The highest BCUT2D eigenvalue weighted by Gasteiger charge is 2.19. The molecule has 0 bridgehead atoms. The van der Waals surface area contributed by atoms with E-state index in [1.165, 1.54) is 13.2 Å². The summed E-state index contributed by atoms with van der Waals surface area (Å²) in [6.45, 7) is -3.10. The highest BCUT2D eigenvalue weighted by atomic mass is 19.3. The summed E-state index contributed by atoms with van der Waals surface area (Å²) >= 11 is 0. The second-order valence-corrected chi connectivity index (χ2v) is 2.47. The third kappa shape index (κ3) is 2.76. The van der Waals surface area contributed by atoms with Crippen molar-refractivity contribution in [2.24, 2.45) is 0 Å². The summed E-state index contributed by atoms with van der Waals surface area (Å²) in [5.74, 6) is -0.292. The Morgan fingerprint density at radius 2 is 2.13 bits per heavy atom. The SMILES string of the molecule is COc1ccc(OC(F)F)c([N+](=O)[O-])c1. The quantitative estimate of drug-likeness (QED) is 0.575. The fourth-order valence-corrected chi connectivity index (χ4v) is 0.962. The molecule has 0 unspecified atom stereocenters. The summed E-state index contributed by atoms with van der Waals surface area (Å²) in [5, 5.41) is 10.5. The molecule has 0 saturated carbocycles. The third-order valence-corrected chi connectivity index (χ3v) is 1.58. The highest BCUT2D eigenvalue weighted by Crippen LogP contribution is 2.31. The van der Waals surface area contributed by atoms with Gasteiger partial charge in [-0.3, -0.25) is 10.1 Å². The van der Waals surface area contributed by atoms with Gasteiger partial charge in [0.2, 0.25) is 5.75 Å². The number of ether oxygens (including phenoxy) is 2. The van der Waals surface area contributed by atoms with Gasteiger partial charge in [-0.2, -0.15) is 8.78 Å². The molecule has 15 heavy (non-hydrogen) atoms. The van der Waals surface area contributed by atoms with E-state index < -0.39 is 23.0 Å². The minimum Gasteiger partial charge on any atom is -0.496 e. The maximum atomic E-state index is 11.9. The number of halogens is 2. The van der Waals surface area contributed by atoms with Gasteiger partial charge in [0, 0.05) is 0 Å². The fourth-order valence-electron chi connectivity index (χ4n) is 0.962. The van der Waals surface area contributed by atoms with E-state index in [2.05, 4.69) is 4.74 Å². The Morgan fingerprint density at radius 3 is 2.60 bits per heavy atom. The van der Waals surface area contributed by atoms with Crippen LogP contribution in [0.5, 0.6) is 11.5 Å². The lowest BCUT2D eigenvalue weighted by Crippen LogP contribution is -2.04. The van der Waals surface area contributed by atoms with Crippen molar-refractivity contribution in [1.82, 2.24) is 0 Å². The molecule has 0 aliphatic heterocycles. The zero-order chi connectivity index (χ0) is 11.4. The highest BCUT2D eigenvalue weighted by molar-refractivity contribution is 5.50. The molecule has 0 aliphatic rings. The van der Waals surface area contributed by atoms with Crippen LogP contribution >= 0.6 is 0 Å². The van der Waals surface area contributed by atoms with Crippen molar-refractivity contribution in [3.8, 4) is 11.5 Å². The van der Waals surface area contributed by atoms with Crippen molar-refractivity contribution in [3.05, 3.63) is 28.3 Å². The molecule has 5 nitrogen and oxygen atoms in total. The second-order valence-electron chi connectivity index (χ2n) is 2.47. The van der Waals surface area contributed by atoms with E-state index in [0.717, 1.165) is 12.1 Å². The number of benzene rings is 1. The molecule has 0 atom stereocenters. The first kappa shape index (κ1) is 11.2. The molecule has 0 spiro atoms. The summed E-state index contributed by atoms with van der Waals surface area (Å²) in [5.41, 5.74) is -0.561. The fraction of sp³-hybridized carbons (Fsp3) is 0.250. The molecule has 0 saturated heterocycles. The Balaban J connectivity index is 3.09. The van der Waals surface area contributed by atoms with E-state index in [9.17, 15) is 18.9 Å². The van der Waals surface area contributed by atoms with Gasteiger partial charge in [-0.05, 0) is 12.1 Å². The maximum absolute atomic E-state index is 11.9. The van der Waals surface area contributed by atoms with E-state index in [0.29, 0.717) is 0 Å². The smallest absolute Gasteiger partial charge is 0.387 e. The van der Waals surface area contributed by atoms with Crippen LogP contribution in [0.3, 0.4) is 0 Å². The third-order valence-electron chi connectivity index (χ3n) is 1.58. The lowest BCUT2D eigenvalue weighted by atomic mass is 10.3. The Hall–Kier alpha value is -1.92. The van der Waals surface area contributed by atoms with E-state index in [4.69, 9.17) is 4.74 Å². The molecule has 0 N–H and O–H groups in total. The predicted molar refractivity (Wildman–Crippen MR) is 46.3 cm³/mol. The first-order valence-corrected chi connectivity index (χ1v) is 3.82. The van der Waals surface area contributed by atoms with Gasteiger partial charge in [-0.25, -0.2) is 0 Å². The van der Waals surface area contributed by atoms with Crippen LogP contribution in [-0.4, -0.2) is 18.6 Å². The number of rotatable bonds is 4. The minimum absolute atomic E-state index is 0.198. The zero-order valence-electron chi connectivity index (χ0n) is 7.65. The molecular formula is C8H7F2NO4. The normalized spacial score (nSPS) is 10.1.